The lowest BCUT2D eigenvalue weighted by Crippen LogP contribution is -1.95. The highest BCUT2D eigenvalue weighted by Gasteiger charge is 2.12. The molecule has 0 N–H and O–H groups in total. The fourth-order valence-electron chi connectivity index (χ4n) is 2.88. The van der Waals surface area contributed by atoms with Crippen LogP contribution in [-0.2, 0) is 6.54 Å². The molecule has 0 bridgehead atoms. The average molecular weight is 273 g/mol. The molecule has 0 saturated carbocycles. The number of benzene rings is 2. The van der Waals surface area contributed by atoms with Crippen molar-refractivity contribution in [2.75, 3.05) is 0 Å². The molecule has 3 nitrogen and oxygen atoms in total. The number of rotatable bonds is 2. The monoisotopic (exact) mass is 273 g/mol. The summed E-state index contributed by atoms with van der Waals surface area (Å²) < 4.78 is 2.26. The lowest BCUT2D eigenvalue weighted by molar-refractivity contribution is 0.824. The van der Waals surface area contributed by atoms with E-state index < -0.39 is 0 Å². The van der Waals surface area contributed by atoms with Gasteiger partial charge < -0.3 is 4.57 Å². The molecule has 0 atom stereocenters. The van der Waals surface area contributed by atoms with E-state index in [0.717, 1.165) is 29.0 Å². The number of hydrogen-bond acceptors (Lipinski definition) is 2. The predicted octanol–water partition coefficient (Wildman–Crippen LogP) is 4.27. The van der Waals surface area contributed by atoms with E-state index in [0.29, 0.717) is 0 Å². The van der Waals surface area contributed by atoms with Crippen molar-refractivity contribution in [3.63, 3.8) is 0 Å². The SMILES string of the molecule is CCn1c2ccccc2c2nc(-c3ccccc3)ncc21. The predicted molar refractivity (Wildman–Crippen MR) is 86.1 cm³/mol. The Morgan fingerprint density at radius 1 is 0.905 bits per heavy atom. The van der Waals surface area contributed by atoms with Crippen molar-refractivity contribution in [1.29, 1.82) is 0 Å². The third-order valence-corrected chi connectivity index (χ3v) is 3.86. The molecule has 0 aliphatic rings. The Bertz CT molecular complexity index is 923. The van der Waals surface area contributed by atoms with E-state index in [1.54, 1.807) is 0 Å². The molecule has 0 aliphatic carbocycles. The first-order chi connectivity index (χ1) is 10.4. The molecule has 0 spiro atoms. The summed E-state index contributed by atoms with van der Waals surface area (Å²) in [7, 11) is 0. The number of hydrogen-bond donors (Lipinski definition) is 0. The van der Waals surface area contributed by atoms with Crippen LogP contribution >= 0.6 is 0 Å². The van der Waals surface area contributed by atoms with E-state index in [2.05, 4.69) is 40.7 Å². The molecule has 102 valence electrons. The molecular formula is C18H15N3. The van der Waals surface area contributed by atoms with Crippen LogP contribution in [0.2, 0.25) is 0 Å². The fourth-order valence-corrected chi connectivity index (χ4v) is 2.88. The minimum Gasteiger partial charge on any atom is -0.338 e. The molecule has 21 heavy (non-hydrogen) atoms. The highest BCUT2D eigenvalue weighted by atomic mass is 15.0. The third-order valence-electron chi connectivity index (χ3n) is 3.86. The van der Waals surface area contributed by atoms with Crippen molar-refractivity contribution in [3.05, 3.63) is 60.8 Å². The lowest BCUT2D eigenvalue weighted by atomic mass is 10.2. The van der Waals surface area contributed by atoms with Crippen molar-refractivity contribution in [2.24, 2.45) is 0 Å². The molecule has 4 rings (SSSR count). The van der Waals surface area contributed by atoms with Crippen molar-refractivity contribution < 1.29 is 0 Å². The Hall–Kier alpha value is -2.68. The van der Waals surface area contributed by atoms with Crippen LogP contribution in [0.25, 0.3) is 33.3 Å². The van der Waals surface area contributed by atoms with Crippen molar-refractivity contribution in [1.82, 2.24) is 14.5 Å². The molecular weight excluding hydrogens is 258 g/mol. The Morgan fingerprint density at radius 2 is 1.67 bits per heavy atom. The van der Waals surface area contributed by atoms with E-state index in [-0.39, 0.29) is 0 Å². The second-order valence-electron chi connectivity index (χ2n) is 5.05. The Kier molecular flexibility index (Phi) is 2.71. The van der Waals surface area contributed by atoms with Crippen LogP contribution in [0.1, 0.15) is 6.92 Å². The largest absolute Gasteiger partial charge is 0.338 e. The van der Waals surface area contributed by atoms with Crippen LogP contribution < -0.4 is 0 Å². The second-order valence-corrected chi connectivity index (χ2v) is 5.05. The summed E-state index contributed by atoms with van der Waals surface area (Å²) in [6.07, 6.45) is 1.94. The molecule has 0 fully saturated rings. The van der Waals surface area contributed by atoms with Crippen LogP contribution in [0.3, 0.4) is 0 Å². The smallest absolute Gasteiger partial charge is 0.159 e. The first-order valence-corrected chi connectivity index (χ1v) is 7.18. The van der Waals surface area contributed by atoms with Gasteiger partial charge in [0, 0.05) is 17.5 Å². The number of aromatic nitrogens is 3. The number of fused-ring (bicyclic) bond motifs is 3. The summed E-state index contributed by atoms with van der Waals surface area (Å²) in [5.74, 6) is 0.780. The van der Waals surface area contributed by atoms with Crippen molar-refractivity contribution in [3.8, 4) is 11.4 Å². The van der Waals surface area contributed by atoms with Crippen LogP contribution in [0, 0.1) is 0 Å². The summed E-state index contributed by atoms with van der Waals surface area (Å²) in [6.45, 7) is 3.06. The van der Waals surface area contributed by atoms with Gasteiger partial charge in [-0.25, -0.2) is 9.97 Å². The van der Waals surface area contributed by atoms with Gasteiger partial charge in [-0.1, -0.05) is 48.5 Å². The Morgan fingerprint density at radius 3 is 2.48 bits per heavy atom. The highest BCUT2D eigenvalue weighted by molar-refractivity contribution is 6.05. The van der Waals surface area contributed by atoms with Gasteiger partial charge in [-0.2, -0.15) is 0 Å². The fraction of sp³-hybridized carbons (Fsp3) is 0.111. The topological polar surface area (TPSA) is 30.7 Å². The maximum atomic E-state index is 4.81. The van der Waals surface area contributed by atoms with Gasteiger partial charge in [-0.3, -0.25) is 0 Å². The number of aryl methyl sites for hydroxylation is 1. The van der Waals surface area contributed by atoms with Crippen molar-refractivity contribution in [2.45, 2.75) is 13.5 Å². The molecule has 0 unspecified atom stereocenters. The maximum Gasteiger partial charge on any atom is 0.159 e. The van der Waals surface area contributed by atoms with Crippen LogP contribution in [0.4, 0.5) is 0 Å². The molecule has 0 saturated heterocycles. The van der Waals surface area contributed by atoms with Gasteiger partial charge in [0.25, 0.3) is 0 Å². The molecule has 2 aromatic heterocycles. The van der Waals surface area contributed by atoms with E-state index >= 15 is 0 Å². The third kappa shape index (κ3) is 1.82. The summed E-state index contributed by atoms with van der Waals surface area (Å²) in [5.41, 5.74) is 4.39. The van der Waals surface area contributed by atoms with E-state index in [1.165, 1.54) is 10.9 Å². The molecule has 3 heteroatoms. The number of para-hydroxylation sites is 1. The number of nitrogens with zero attached hydrogens (tertiary/aromatic N) is 3. The quantitative estimate of drug-likeness (QED) is 0.546. The first kappa shape index (κ1) is 12.1. The lowest BCUT2D eigenvalue weighted by Gasteiger charge is -2.03. The molecule has 2 aromatic carbocycles. The summed E-state index contributed by atoms with van der Waals surface area (Å²) in [4.78, 5) is 9.36. The molecule has 0 aliphatic heterocycles. The van der Waals surface area contributed by atoms with Gasteiger partial charge in [0.15, 0.2) is 5.82 Å². The zero-order valence-electron chi connectivity index (χ0n) is 11.8. The highest BCUT2D eigenvalue weighted by Crippen LogP contribution is 2.28. The zero-order valence-corrected chi connectivity index (χ0v) is 11.8. The summed E-state index contributed by atoms with van der Waals surface area (Å²) in [6, 6.07) is 18.5. The van der Waals surface area contributed by atoms with Gasteiger partial charge in [0.05, 0.1) is 17.2 Å². The van der Waals surface area contributed by atoms with E-state index in [4.69, 9.17) is 4.98 Å². The van der Waals surface area contributed by atoms with Gasteiger partial charge in [-0.15, -0.1) is 0 Å². The minimum absolute atomic E-state index is 0.780. The summed E-state index contributed by atoms with van der Waals surface area (Å²) >= 11 is 0. The van der Waals surface area contributed by atoms with E-state index in [9.17, 15) is 0 Å². The molecule has 2 heterocycles. The van der Waals surface area contributed by atoms with E-state index in [1.807, 2.05) is 36.5 Å². The Labute approximate surface area is 122 Å². The molecule has 0 radical (unpaired) electrons. The van der Waals surface area contributed by atoms with Gasteiger partial charge in [0.1, 0.15) is 5.52 Å². The Balaban J connectivity index is 2.06. The van der Waals surface area contributed by atoms with Crippen molar-refractivity contribution >= 4 is 21.9 Å². The maximum absolute atomic E-state index is 4.81. The normalized spacial score (nSPS) is 11.3. The minimum atomic E-state index is 0.780. The summed E-state index contributed by atoms with van der Waals surface area (Å²) in [5, 5.41) is 1.19. The van der Waals surface area contributed by atoms with Crippen LogP contribution in [0.15, 0.2) is 60.8 Å². The first-order valence-electron chi connectivity index (χ1n) is 7.18. The van der Waals surface area contributed by atoms with Gasteiger partial charge >= 0.3 is 0 Å². The average Bonchev–Trinajstić information content (AvgIpc) is 2.88. The zero-order chi connectivity index (χ0) is 14.2. The molecule has 0 amide bonds. The van der Waals surface area contributed by atoms with Gasteiger partial charge in [0.2, 0.25) is 0 Å². The molecule has 4 aromatic rings. The van der Waals surface area contributed by atoms with Crippen LogP contribution in [0.5, 0.6) is 0 Å². The standard InChI is InChI=1S/C18H15N3/c1-2-21-15-11-7-6-10-14(15)17-16(21)12-19-18(20-17)13-8-4-3-5-9-13/h3-12H,2H2,1H3. The van der Waals surface area contributed by atoms with Crippen LogP contribution in [-0.4, -0.2) is 14.5 Å². The second kappa shape index (κ2) is 4.70. The van der Waals surface area contributed by atoms with Gasteiger partial charge in [-0.05, 0) is 13.0 Å².